The molecule has 6 heteroatoms. The van der Waals surface area contributed by atoms with E-state index >= 15 is 0 Å². The van der Waals surface area contributed by atoms with E-state index in [4.69, 9.17) is 16.3 Å². The summed E-state index contributed by atoms with van der Waals surface area (Å²) in [6, 6.07) is 1.96. The van der Waals surface area contributed by atoms with E-state index in [1.807, 2.05) is 11.4 Å². The summed E-state index contributed by atoms with van der Waals surface area (Å²) in [5.74, 6) is 0.793. The number of thiophene rings is 1. The maximum atomic E-state index is 6.19. The molecule has 0 bridgehead atoms. The zero-order chi connectivity index (χ0) is 13.4. The van der Waals surface area contributed by atoms with Gasteiger partial charge in [-0.05, 0) is 25.3 Å². The normalized spacial score (nSPS) is 25.0. The third kappa shape index (κ3) is 2.89. The van der Waals surface area contributed by atoms with Crippen molar-refractivity contribution in [3.05, 3.63) is 22.4 Å². The third-order valence-electron chi connectivity index (χ3n) is 3.19. The Hall–Kier alpha value is -0.750. The van der Waals surface area contributed by atoms with E-state index in [2.05, 4.69) is 28.7 Å². The Labute approximate surface area is 121 Å². The molecule has 2 unspecified atom stereocenters. The maximum Gasteiger partial charge on any atom is 0.145 e. The van der Waals surface area contributed by atoms with E-state index in [1.165, 1.54) is 0 Å². The van der Waals surface area contributed by atoms with Gasteiger partial charge >= 0.3 is 0 Å². The van der Waals surface area contributed by atoms with Gasteiger partial charge in [0.05, 0.1) is 18.8 Å². The Morgan fingerprint density at radius 2 is 2.11 bits per heavy atom. The van der Waals surface area contributed by atoms with E-state index < -0.39 is 0 Å². The molecule has 1 aliphatic heterocycles. The van der Waals surface area contributed by atoms with E-state index in [1.54, 1.807) is 11.3 Å². The van der Waals surface area contributed by atoms with Crippen LogP contribution in [0.5, 0.6) is 0 Å². The highest BCUT2D eigenvalue weighted by atomic mass is 35.5. The predicted octanol–water partition coefficient (Wildman–Crippen LogP) is 2.95. The summed E-state index contributed by atoms with van der Waals surface area (Å²) in [5, 5.41) is 3.49. The van der Waals surface area contributed by atoms with Gasteiger partial charge < -0.3 is 4.74 Å². The molecule has 3 heterocycles. The van der Waals surface area contributed by atoms with Crippen molar-refractivity contribution in [3.8, 4) is 0 Å². The Morgan fingerprint density at radius 3 is 2.84 bits per heavy atom. The lowest BCUT2D eigenvalue weighted by atomic mass is 10.2. The minimum atomic E-state index is 0.254. The number of aromatic nitrogens is 2. The second kappa shape index (κ2) is 5.32. The molecule has 2 atom stereocenters. The molecule has 1 saturated heterocycles. The Bertz CT molecular complexity index is 578. The molecule has 0 spiro atoms. The van der Waals surface area contributed by atoms with Crippen molar-refractivity contribution in [3.63, 3.8) is 0 Å². The minimum Gasteiger partial charge on any atom is -0.373 e. The Kier molecular flexibility index (Phi) is 3.71. The van der Waals surface area contributed by atoms with Crippen molar-refractivity contribution >= 4 is 33.2 Å². The van der Waals surface area contributed by atoms with Crippen LogP contribution in [-0.2, 0) is 11.3 Å². The quantitative estimate of drug-likeness (QED) is 0.799. The van der Waals surface area contributed by atoms with Gasteiger partial charge in [0.2, 0.25) is 0 Å². The number of ether oxygens (including phenoxy) is 1. The predicted molar refractivity (Wildman–Crippen MR) is 77.7 cm³/mol. The molecular weight excluding hydrogens is 282 g/mol. The maximum absolute atomic E-state index is 6.19. The third-order valence-corrected chi connectivity index (χ3v) is 4.28. The summed E-state index contributed by atoms with van der Waals surface area (Å²) >= 11 is 7.79. The molecule has 2 aromatic rings. The van der Waals surface area contributed by atoms with Crippen LogP contribution in [-0.4, -0.2) is 40.2 Å². The van der Waals surface area contributed by atoms with Crippen LogP contribution >= 0.6 is 22.9 Å². The first-order valence-corrected chi connectivity index (χ1v) is 7.65. The van der Waals surface area contributed by atoms with Crippen molar-refractivity contribution in [2.24, 2.45) is 0 Å². The topological polar surface area (TPSA) is 38.2 Å². The van der Waals surface area contributed by atoms with Crippen LogP contribution in [0.4, 0.5) is 0 Å². The average Bonchev–Trinajstić information content (AvgIpc) is 2.75. The highest BCUT2D eigenvalue weighted by Crippen LogP contribution is 2.25. The number of nitrogens with zero attached hydrogens (tertiary/aromatic N) is 3. The highest BCUT2D eigenvalue weighted by molar-refractivity contribution is 7.16. The van der Waals surface area contributed by atoms with Crippen molar-refractivity contribution in [2.45, 2.75) is 32.6 Å². The van der Waals surface area contributed by atoms with Crippen molar-refractivity contribution in [1.82, 2.24) is 14.9 Å². The zero-order valence-electron chi connectivity index (χ0n) is 11.0. The van der Waals surface area contributed by atoms with Crippen LogP contribution in [0.25, 0.3) is 10.2 Å². The number of fused-ring (bicyclic) bond motifs is 1. The Balaban J connectivity index is 1.80. The van der Waals surface area contributed by atoms with Gasteiger partial charge in [-0.3, -0.25) is 4.90 Å². The molecule has 3 rings (SSSR count). The lowest BCUT2D eigenvalue weighted by Crippen LogP contribution is -2.45. The van der Waals surface area contributed by atoms with Crippen LogP contribution in [0.2, 0.25) is 5.15 Å². The number of rotatable bonds is 2. The van der Waals surface area contributed by atoms with E-state index in [-0.39, 0.29) is 12.2 Å². The number of hydrogen-bond acceptors (Lipinski definition) is 5. The van der Waals surface area contributed by atoms with Gasteiger partial charge in [0, 0.05) is 18.5 Å². The first kappa shape index (κ1) is 13.2. The zero-order valence-corrected chi connectivity index (χ0v) is 12.5. The van der Waals surface area contributed by atoms with Crippen molar-refractivity contribution in [1.29, 1.82) is 0 Å². The lowest BCUT2D eigenvalue weighted by molar-refractivity contribution is -0.0710. The summed E-state index contributed by atoms with van der Waals surface area (Å²) < 4.78 is 5.73. The molecule has 102 valence electrons. The van der Waals surface area contributed by atoms with Gasteiger partial charge in [0.25, 0.3) is 0 Å². The molecule has 0 aromatic carbocycles. The van der Waals surface area contributed by atoms with Crippen LogP contribution in [0.3, 0.4) is 0 Å². The molecule has 4 nitrogen and oxygen atoms in total. The van der Waals surface area contributed by atoms with E-state index in [9.17, 15) is 0 Å². The van der Waals surface area contributed by atoms with E-state index in [0.717, 1.165) is 35.7 Å². The van der Waals surface area contributed by atoms with Gasteiger partial charge in [-0.15, -0.1) is 11.3 Å². The van der Waals surface area contributed by atoms with Crippen molar-refractivity contribution < 1.29 is 4.74 Å². The molecule has 19 heavy (non-hydrogen) atoms. The average molecular weight is 298 g/mol. The van der Waals surface area contributed by atoms with Gasteiger partial charge in [-0.1, -0.05) is 11.6 Å². The molecule has 2 aromatic heterocycles. The van der Waals surface area contributed by atoms with Gasteiger partial charge in [0.1, 0.15) is 15.8 Å². The lowest BCUT2D eigenvalue weighted by Gasteiger charge is -2.34. The molecule has 0 N–H and O–H groups in total. The number of hydrogen-bond donors (Lipinski definition) is 0. The SMILES string of the molecule is CC1CN(Cc2nc(Cl)c3ccsc3n2)CC(C)O1. The first-order valence-electron chi connectivity index (χ1n) is 6.39. The Morgan fingerprint density at radius 1 is 1.37 bits per heavy atom. The fourth-order valence-electron chi connectivity index (χ4n) is 2.54. The van der Waals surface area contributed by atoms with Gasteiger partial charge in [-0.2, -0.15) is 0 Å². The fourth-order valence-corrected chi connectivity index (χ4v) is 3.63. The molecule has 0 radical (unpaired) electrons. The monoisotopic (exact) mass is 297 g/mol. The minimum absolute atomic E-state index is 0.254. The number of morpholine rings is 1. The second-order valence-corrected chi connectivity index (χ2v) is 6.27. The van der Waals surface area contributed by atoms with Crippen molar-refractivity contribution in [2.75, 3.05) is 13.1 Å². The van der Waals surface area contributed by atoms with Crippen LogP contribution in [0.15, 0.2) is 11.4 Å². The highest BCUT2D eigenvalue weighted by Gasteiger charge is 2.23. The second-order valence-electron chi connectivity index (χ2n) is 5.02. The van der Waals surface area contributed by atoms with Crippen LogP contribution in [0, 0.1) is 0 Å². The molecular formula is C13H16ClN3OS. The fraction of sp³-hybridized carbons (Fsp3) is 0.538. The molecule has 1 aliphatic rings. The molecule has 0 aliphatic carbocycles. The van der Waals surface area contributed by atoms with Gasteiger partial charge in [0.15, 0.2) is 0 Å². The van der Waals surface area contributed by atoms with E-state index in [0.29, 0.717) is 5.15 Å². The summed E-state index contributed by atoms with van der Waals surface area (Å²) in [4.78, 5) is 12.3. The summed E-state index contributed by atoms with van der Waals surface area (Å²) in [5.41, 5.74) is 0. The van der Waals surface area contributed by atoms with Gasteiger partial charge in [-0.25, -0.2) is 9.97 Å². The number of halogens is 1. The molecule has 0 amide bonds. The van der Waals surface area contributed by atoms with Crippen LogP contribution < -0.4 is 0 Å². The summed E-state index contributed by atoms with van der Waals surface area (Å²) in [6.07, 6.45) is 0.509. The van der Waals surface area contributed by atoms with Crippen LogP contribution in [0.1, 0.15) is 19.7 Å². The summed E-state index contributed by atoms with van der Waals surface area (Å²) in [6.45, 7) is 6.74. The molecule has 0 saturated carbocycles. The first-order chi connectivity index (χ1) is 9.11. The standard InChI is InChI=1S/C13H16ClN3OS/c1-8-5-17(6-9(2)18-8)7-11-15-12(14)10-3-4-19-13(10)16-11/h3-4,8-9H,5-7H2,1-2H3. The summed E-state index contributed by atoms with van der Waals surface area (Å²) in [7, 11) is 0. The smallest absolute Gasteiger partial charge is 0.145 e. The molecule has 1 fully saturated rings. The largest absolute Gasteiger partial charge is 0.373 e.